The molecule has 2 aromatic rings. The van der Waals surface area contributed by atoms with Gasteiger partial charge in [-0.3, -0.25) is 9.59 Å². The molecule has 0 aliphatic carbocycles. The average Bonchev–Trinajstić information content (AvgIpc) is 2.50. The van der Waals surface area contributed by atoms with Crippen LogP contribution in [-0.4, -0.2) is 18.4 Å². The van der Waals surface area contributed by atoms with Crippen LogP contribution in [0.3, 0.4) is 0 Å². The van der Waals surface area contributed by atoms with Crippen LogP contribution in [0.15, 0.2) is 48.5 Å². The van der Waals surface area contributed by atoms with Crippen molar-refractivity contribution in [2.75, 3.05) is 11.4 Å². The monoisotopic (exact) mass is 295 g/mol. The summed E-state index contributed by atoms with van der Waals surface area (Å²) in [5, 5.41) is 2.96. The van der Waals surface area contributed by atoms with Gasteiger partial charge in [0.25, 0.3) is 5.91 Å². The minimum atomic E-state index is -0.440. The Morgan fingerprint density at radius 3 is 2.59 bits per heavy atom. The van der Waals surface area contributed by atoms with Gasteiger partial charge in [-0.05, 0) is 30.2 Å². The van der Waals surface area contributed by atoms with Crippen LogP contribution < -0.4 is 16.0 Å². The second kappa shape index (κ2) is 5.52. The Bertz CT molecular complexity index is 742. The van der Waals surface area contributed by atoms with Gasteiger partial charge in [0.15, 0.2) is 0 Å². The van der Waals surface area contributed by atoms with Gasteiger partial charge in [-0.1, -0.05) is 36.4 Å². The van der Waals surface area contributed by atoms with Gasteiger partial charge in [0.2, 0.25) is 5.91 Å². The van der Waals surface area contributed by atoms with E-state index in [1.165, 1.54) is 0 Å². The Balaban J connectivity index is 2.12. The maximum absolute atomic E-state index is 12.4. The number of nitrogens with one attached hydrogen (secondary N) is 1. The van der Waals surface area contributed by atoms with Gasteiger partial charge in [0.05, 0.1) is 17.8 Å². The molecule has 2 amide bonds. The summed E-state index contributed by atoms with van der Waals surface area (Å²) in [5.74, 6) is -0.589. The lowest BCUT2D eigenvalue weighted by Crippen LogP contribution is -2.49. The molecule has 0 fully saturated rings. The van der Waals surface area contributed by atoms with Crippen LogP contribution in [0.5, 0.6) is 0 Å². The van der Waals surface area contributed by atoms with Gasteiger partial charge in [-0.25, -0.2) is 0 Å². The molecule has 112 valence electrons. The fourth-order valence-electron chi connectivity index (χ4n) is 2.82. The first kappa shape index (κ1) is 14.1. The third-order valence-corrected chi connectivity index (χ3v) is 3.85. The number of hydrogen-bond acceptors (Lipinski definition) is 3. The van der Waals surface area contributed by atoms with Crippen molar-refractivity contribution in [1.82, 2.24) is 5.32 Å². The van der Waals surface area contributed by atoms with Gasteiger partial charge < -0.3 is 16.0 Å². The quantitative estimate of drug-likeness (QED) is 0.905. The fraction of sp³-hybridized carbons (Fsp3) is 0.176. The molecule has 0 saturated heterocycles. The predicted molar refractivity (Wildman–Crippen MR) is 84.4 cm³/mol. The second-order valence-electron chi connectivity index (χ2n) is 5.34. The molecule has 0 saturated carbocycles. The molecule has 0 aromatic heterocycles. The minimum absolute atomic E-state index is 0.0380. The van der Waals surface area contributed by atoms with E-state index in [2.05, 4.69) is 5.32 Å². The summed E-state index contributed by atoms with van der Waals surface area (Å²) in [6.45, 7) is 2.01. The highest BCUT2D eigenvalue weighted by Gasteiger charge is 2.32. The average molecular weight is 295 g/mol. The van der Waals surface area contributed by atoms with Gasteiger partial charge in [0, 0.05) is 0 Å². The van der Waals surface area contributed by atoms with Crippen LogP contribution in [-0.2, 0) is 4.79 Å². The van der Waals surface area contributed by atoms with Crippen molar-refractivity contribution in [2.45, 2.75) is 13.1 Å². The Kier molecular flexibility index (Phi) is 3.55. The van der Waals surface area contributed by atoms with Crippen LogP contribution in [0, 0.1) is 6.92 Å². The highest BCUT2D eigenvalue weighted by atomic mass is 16.2. The van der Waals surface area contributed by atoms with Gasteiger partial charge >= 0.3 is 0 Å². The van der Waals surface area contributed by atoms with E-state index in [4.69, 9.17) is 5.73 Å². The molecule has 1 aliphatic heterocycles. The number of hydrogen-bond donors (Lipinski definition) is 2. The highest BCUT2D eigenvalue weighted by molar-refractivity contribution is 6.02. The number of benzene rings is 2. The first-order valence-corrected chi connectivity index (χ1v) is 7.08. The number of nitrogens with two attached hydrogens (primary N) is 1. The third-order valence-electron chi connectivity index (χ3n) is 3.85. The molecule has 1 aliphatic rings. The Morgan fingerprint density at radius 1 is 1.18 bits per heavy atom. The molecule has 2 aromatic carbocycles. The molecule has 1 atom stereocenters. The molecule has 5 nitrogen and oxygen atoms in total. The topological polar surface area (TPSA) is 75.4 Å². The molecule has 3 rings (SSSR count). The Hall–Kier alpha value is -2.82. The van der Waals surface area contributed by atoms with Gasteiger partial charge in [-0.15, -0.1) is 0 Å². The van der Waals surface area contributed by atoms with Crippen LogP contribution in [0.2, 0.25) is 0 Å². The fourth-order valence-corrected chi connectivity index (χ4v) is 2.82. The van der Waals surface area contributed by atoms with E-state index in [1.54, 1.807) is 12.1 Å². The lowest BCUT2D eigenvalue weighted by Gasteiger charge is -2.39. The van der Waals surface area contributed by atoms with E-state index in [0.717, 1.165) is 16.8 Å². The maximum atomic E-state index is 12.4. The lowest BCUT2D eigenvalue weighted by molar-refractivity contribution is -0.116. The molecule has 5 heteroatoms. The van der Waals surface area contributed by atoms with Crippen molar-refractivity contribution in [3.63, 3.8) is 0 Å². The number of aryl methyl sites for hydroxylation is 1. The zero-order chi connectivity index (χ0) is 15.7. The van der Waals surface area contributed by atoms with Crippen LogP contribution >= 0.6 is 0 Å². The third kappa shape index (κ3) is 2.41. The number of carbonyl (C=O) groups excluding carboxylic acids is 2. The number of amides is 2. The number of rotatable bonds is 3. The van der Waals surface area contributed by atoms with Crippen molar-refractivity contribution in [1.29, 1.82) is 0 Å². The molecule has 0 spiro atoms. The maximum Gasteiger partial charge on any atom is 0.255 e. The standard InChI is InChI=1S/C17H17N3O2/c1-11-6-2-3-7-12(11)16-19-17(22)13-8-4-5-9-14(13)20(16)10-15(18)21/h2-9,16H,10H2,1H3,(H2,18,21)(H,19,22)/t16-/m0/s1. The smallest absolute Gasteiger partial charge is 0.255 e. The molecule has 0 radical (unpaired) electrons. The van der Waals surface area contributed by atoms with Crippen LogP contribution in [0.4, 0.5) is 5.69 Å². The number of para-hydroxylation sites is 1. The first-order valence-electron chi connectivity index (χ1n) is 7.08. The predicted octanol–water partition coefficient (Wildman–Crippen LogP) is 1.73. The zero-order valence-corrected chi connectivity index (χ0v) is 12.2. The largest absolute Gasteiger partial charge is 0.368 e. The second-order valence-corrected chi connectivity index (χ2v) is 5.34. The zero-order valence-electron chi connectivity index (χ0n) is 12.2. The van der Waals surface area contributed by atoms with Gasteiger partial charge in [-0.2, -0.15) is 0 Å². The van der Waals surface area contributed by atoms with Crippen LogP contribution in [0.1, 0.15) is 27.7 Å². The minimum Gasteiger partial charge on any atom is -0.368 e. The number of nitrogens with zero attached hydrogens (tertiary/aromatic N) is 1. The van der Waals surface area contributed by atoms with E-state index < -0.39 is 12.1 Å². The molecule has 3 N–H and O–H groups in total. The molecule has 22 heavy (non-hydrogen) atoms. The molecule has 0 unspecified atom stereocenters. The van der Waals surface area contributed by atoms with Crippen molar-refractivity contribution in [2.24, 2.45) is 5.73 Å². The first-order chi connectivity index (χ1) is 10.6. The van der Waals surface area contributed by atoms with E-state index in [-0.39, 0.29) is 12.5 Å². The van der Waals surface area contributed by atoms with E-state index >= 15 is 0 Å². The summed E-state index contributed by atoms with van der Waals surface area (Å²) in [4.78, 5) is 25.7. The van der Waals surface area contributed by atoms with Crippen LogP contribution in [0.25, 0.3) is 0 Å². The summed E-state index contributed by atoms with van der Waals surface area (Å²) >= 11 is 0. The summed E-state index contributed by atoms with van der Waals surface area (Å²) in [5.41, 5.74) is 8.66. The normalized spacial score (nSPS) is 16.9. The number of fused-ring (bicyclic) bond motifs is 1. The van der Waals surface area contributed by atoms with Gasteiger partial charge in [0.1, 0.15) is 6.17 Å². The Labute approximate surface area is 128 Å². The SMILES string of the molecule is Cc1ccccc1[C@H]1NC(=O)c2ccccc2N1CC(N)=O. The highest BCUT2D eigenvalue weighted by Crippen LogP contribution is 2.33. The van der Waals surface area contributed by atoms with Crippen molar-refractivity contribution in [3.05, 3.63) is 65.2 Å². The summed E-state index contributed by atoms with van der Waals surface area (Å²) in [6, 6.07) is 15.0. The lowest BCUT2D eigenvalue weighted by atomic mass is 10.00. The summed E-state index contributed by atoms with van der Waals surface area (Å²) in [7, 11) is 0. The summed E-state index contributed by atoms with van der Waals surface area (Å²) < 4.78 is 0. The van der Waals surface area contributed by atoms with Crippen molar-refractivity contribution in [3.8, 4) is 0 Å². The van der Waals surface area contributed by atoms with Crippen molar-refractivity contribution < 1.29 is 9.59 Å². The molecule has 1 heterocycles. The summed E-state index contributed by atoms with van der Waals surface area (Å²) in [6.07, 6.45) is -0.406. The van der Waals surface area contributed by atoms with Crippen molar-refractivity contribution >= 4 is 17.5 Å². The molecular formula is C17H17N3O2. The molecular weight excluding hydrogens is 278 g/mol. The number of primary amides is 1. The Morgan fingerprint density at radius 2 is 1.86 bits per heavy atom. The number of anilines is 1. The van der Waals surface area contributed by atoms with E-state index in [0.29, 0.717) is 5.56 Å². The number of carbonyl (C=O) groups is 2. The van der Waals surface area contributed by atoms with E-state index in [1.807, 2.05) is 48.2 Å². The van der Waals surface area contributed by atoms with E-state index in [9.17, 15) is 9.59 Å². The molecule has 0 bridgehead atoms.